The predicted octanol–water partition coefficient (Wildman–Crippen LogP) is 2.07. The number of aliphatic imine (C=N–C) groups is 1. The van der Waals surface area contributed by atoms with Crippen LogP contribution >= 0.6 is 0 Å². The number of nitrogens with zero attached hydrogens (tertiary/aromatic N) is 1. The van der Waals surface area contributed by atoms with E-state index in [0.717, 1.165) is 16.7 Å². The molecule has 0 spiro atoms. The van der Waals surface area contributed by atoms with Crippen LogP contribution in [0.2, 0.25) is 0 Å². The van der Waals surface area contributed by atoms with Gasteiger partial charge >= 0.3 is 5.69 Å². The van der Waals surface area contributed by atoms with Gasteiger partial charge in [-0.15, -0.1) is 0 Å². The molecule has 2 atom stereocenters. The molecule has 0 saturated carbocycles. The molecule has 0 aliphatic carbocycles. The number of aromatic nitrogens is 2. The van der Waals surface area contributed by atoms with Crippen molar-refractivity contribution in [2.45, 2.75) is 52.1 Å². The molecule has 0 bridgehead atoms. The maximum atomic E-state index is 12.7. The molecule has 11 nitrogen and oxygen atoms in total. The number of anilines is 1. The zero-order valence-electron chi connectivity index (χ0n) is 21.5. The smallest absolute Gasteiger partial charge is 0.328 e. The number of benzene rings is 2. The fourth-order valence-electron chi connectivity index (χ4n) is 4.28. The van der Waals surface area contributed by atoms with Crippen LogP contribution in [0.5, 0.6) is 5.88 Å². The largest absolute Gasteiger partial charge is 0.494 e. The number of guanidine groups is 1. The molecule has 1 aromatic heterocycles. The summed E-state index contributed by atoms with van der Waals surface area (Å²) in [5.41, 5.74) is 2.46. The predicted molar refractivity (Wildman–Crippen MR) is 143 cm³/mol. The van der Waals surface area contributed by atoms with Gasteiger partial charge in [0.25, 0.3) is 11.5 Å². The standard InChI is InChI=1S/C27H30N6O5/c1-13(2)16-6-8-17(9-7-16)22(21-24(36)32-27(38)33-25(21)37)30-26-29-19(23(35)31-26)12-20(34)28-18-10-5-14(3)11-15(18)4/h5-11,13,19,22H,12H2,1-4H3,(H,28,34)(H2,29,30,31,35)(H3,32,33,36,37,38). The molecule has 6 N–H and O–H groups in total. The van der Waals surface area contributed by atoms with Gasteiger partial charge in [-0.3, -0.25) is 24.4 Å². The lowest BCUT2D eigenvalue weighted by molar-refractivity contribution is -0.123. The SMILES string of the molecule is Cc1ccc(NC(=O)CC2NC(NC(c3ccc(C(C)C)cc3)c3c(O)[nH]c(=O)[nH]c3=O)=NC2=O)c(C)c1. The Morgan fingerprint density at radius 2 is 1.71 bits per heavy atom. The molecule has 2 amide bonds. The van der Waals surface area contributed by atoms with Crippen molar-refractivity contribution < 1.29 is 14.7 Å². The molecule has 3 aromatic rings. The quantitative estimate of drug-likeness (QED) is 0.278. The lowest BCUT2D eigenvalue weighted by atomic mass is 9.96. The first-order valence-electron chi connectivity index (χ1n) is 12.2. The lowest BCUT2D eigenvalue weighted by Crippen LogP contribution is -2.44. The molecule has 0 radical (unpaired) electrons. The maximum absolute atomic E-state index is 12.7. The number of carbonyl (C=O) groups excluding carboxylic acids is 2. The summed E-state index contributed by atoms with van der Waals surface area (Å²) in [7, 11) is 0. The van der Waals surface area contributed by atoms with Crippen molar-refractivity contribution >= 4 is 23.5 Å². The Morgan fingerprint density at radius 3 is 2.34 bits per heavy atom. The number of hydrogen-bond acceptors (Lipinski definition) is 7. The normalized spacial score (nSPS) is 15.7. The highest BCUT2D eigenvalue weighted by Crippen LogP contribution is 2.26. The molecule has 2 heterocycles. The molecule has 0 saturated heterocycles. The summed E-state index contributed by atoms with van der Waals surface area (Å²) in [6, 6.07) is 11.1. The second-order valence-corrected chi connectivity index (χ2v) is 9.64. The van der Waals surface area contributed by atoms with Gasteiger partial charge in [0.05, 0.1) is 12.5 Å². The van der Waals surface area contributed by atoms with Gasteiger partial charge in [0, 0.05) is 5.69 Å². The van der Waals surface area contributed by atoms with Crippen LogP contribution in [0.4, 0.5) is 5.69 Å². The molecule has 2 unspecified atom stereocenters. The summed E-state index contributed by atoms with van der Waals surface area (Å²) in [6.45, 7) is 7.93. The van der Waals surface area contributed by atoms with Gasteiger partial charge < -0.3 is 21.1 Å². The lowest BCUT2D eigenvalue weighted by Gasteiger charge is -2.21. The van der Waals surface area contributed by atoms with Crippen molar-refractivity contribution in [1.29, 1.82) is 0 Å². The average molecular weight is 519 g/mol. The number of rotatable bonds is 7. The highest BCUT2D eigenvalue weighted by atomic mass is 16.3. The Morgan fingerprint density at radius 1 is 1.03 bits per heavy atom. The molecule has 2 aromatic carbocycles. The third-order valence-electron chi connectivity index (χ3n) is 6.34. The van der Waals surface area contributed by atoms with Crippen LogP contribution < -0.4 is 27.2 Å². The topological polar surface area (TPSA) is 169 Å². The second-order valence-electron chi connectivity index (χ2n) is 9.64. The van der Waals surface area contributed by atoms with Crippen molar-refractivity contribution in [2.75, 3.05) is 5.32 Å². The Hall–Kier alpha value is -4.67. The van der Waals surface area contributed by atoms with Crippen molar-refractivity contribution in [3.8, 4) is 5.88 Å². The second kappa shape index (κ2) is 10.8. The van der Waals surface area contributed by atoms with Crippen LogP contribution in [-0.4, -0.2) is 38.9 Å². The highest BCUT2D eigenvalue weighted by molar-refractivity contribution is 6.06. The van der Waals surface area contributed by atoms with Gasteiger partial charge in [-0.25, -0.2) is 4.79 Å². The molecular formula is C27H30N6O5. The van der Waals surface area contributed by atoms with Gasteiger partial charge in [-0.1, -0.05) is 55.8 Å². The summed E-state index contributed by atoms with van der Waals surface area (Å²) in [5, 5.41) is 19.1. The van der Waals surface area contributed by atoms with Crippen LogP contribution in [0.3, 0.4) is 0 Å². The van der Waals surface area contributed by atoms with Gasteiger partial charge in [0.1, 0.15) is 11.6 Å². The van der Waals surface area contributed by atoms with Crippen LogP contribution in [0.15, 0.2) is 57.0 Å². The fraction of sp³-hybridized carbons (Fsp3) is 0.296. The Labute approximate surface area is 218 Å². The van der Waals surface area contributed by atoms with E-state index >= 15 is 0 Å². The van der Waals surface area contributed by atoms with E-state index in [1.807, 2.05) is 52.0 Å². The number of H-pyrrole nitrogens is 2. The van der Waals surface area contributed by atoms with Crippen LogP contribution in [0.1, 0.15) is 60.0 Å². The van der Waals surface area contributed by atoms with Crippen molar-refractivity contribution in [2.24, 2.45) is 4.99 Å². The summed E-state index contributed by atoms with van der Waals surface area (Å²) in [4.78, 5) is 57.8. The number of aromatic hydroxyl groups is 1. The number of aryl methyl sites for hydroxylation is 2. The zero-order valence-corrected chi connectivity index (χ0v) is 21.5. The third kappa shape index (κ3) is 5.83. The highest BCUT2D eigenvalue weighted by Gasteiger charge is 2.32. The fourth-order valence-corrected chi connectivity index (χ4v) is 4.28. The minimum atomic E-state index is -0.973. The first-order chi connectivity index (χ1) is 18.0. The number of nitrogens with one attached hydrogen (secondary N) is 5. The van der Waals surface area contributed by atoms with Crippen molar-refractivity contribution in [1.82, 2.24) is 20.6 Å². The maximum Gasteiger partial charge on any atom is 0.328 e. The van der Waals surface area contributed by atoms with Gasteiger partial charge in [0.15, 0.2) is 0 Å². The number of amides is 2. The number of hydrogen-bond donors (Lipinski definition) is 6. The Bertz CT molecular complexity index is 1520. The molecule has 0 fully saturated rings. The van der Waals surface area contributed by atoms with Crippen LogP contribution in [0, 0.1) is 13.8 Å². The van der Waals surface area contributed by atoms with E-state index < -0.39 is 35.1 Å². The first kappa shape index (κ1) is 26.4. The molecule has 1 aliphatic rings. The van der Waals surface area contributed by atoms with Gasteiger partial charge in [0.2, 0.25) is 17.7 Å². The minimum absolute atomic E-state index is 0.0299. The van der Waals surface area contributed by atoms with Gasteiger partial charge in [-0.2, -0.15) is 4.99 Å². The monoisotopic (exact) mass is 518 g/mol. The van der Waals surface area contributed by atoms with Crippen LogP contribution in [0.25, 0.3) is 0 Å². The summed E-state index contributed by atoms with van der Waals surface area (Å²) < 4.78 is 0. The van der Waals surface area contributed by atoms with Crippen LogP contribution in [-0.2, 0) is 9.59 Å². The van der Waals surface area contributed by atoms with E-state index in [4.69, 9.17) is 0 Å². The average Bonchev–Trinajstić information content (AvgIpc) is 3.18. The third-order valence-corrected chi connectivity index (χ3v) is 6.34. The van der Waals surface area contributed by atoms with Crippen molar-refractivity contribution in [3.63, 3.8) is 0 Å². The summed E-state index contributed by atoms with van der Waals surface area (Å²) in [6.07, 6.45) is -0.168. The Balaban J connectivity index is 1.54. The molecule has 38 heavy (non-hydrogen) atoms. The molecule has 11 heteroatoms. The summed E-state index contributed by atoms with van der Waals surface area (Å²) in [5.74, 6) is -1.23. The summed E-state index contributed by atoms with van der Waals surface area (Å²) >= 11 is 0. The van der Waals surface area contributed by atoms with E-state index in [0.29, 0.717) is 11.3 Å². The number of aromatic amines is 2. The molecular weight excluding hydrogens is 488 g/mol. The number of carbonyl (C=O) groups is 2. The molecule has 198 valence electrons. The van der Waals surface area contributed by atoms with E-state index in [1.54, 1.807) is 18.2 Å². The van der Waals surface area contributed by atoms with Gasteiger partial charge in [-0.05, 0) is 42.5 Å². The van der Waals surface area contributed by atoms with E-state index in [2.05, 4.69) is 30.9 Å². The molecule has 1 aliphatic heterocycles. The van der Waals surface area contributed by atoms with Crippen molar-refractivity contribution in [3.05, 3.63) is 91.1 Å². The zero-order chi connectivity index (χ0) is 27.6. The molecule has 4 rings (SSSR count). The first-order valence-corrected chi connectivity index (χ1v) is 12.2. The van der Waals surface area contributed by atoms with E-state index in [1.165, 1.54) is 0 Å². The Kier molecular flexibility index (Phi) is 7.47. The minimum Gasteiger partial charge on any atom is -0.494 e. The van der Waals surface area contributed by atoms with E-state index in [9.17, 15) is 24.3 Å². The van der Waals surface area contributed by atoms with E-state index in [-0.39, 0.29) is 29.8 Å².